The molecule has 0 saturated carbocycles. The topological polar surface area (TPSA) is 90.9 Å². The molecule has 0 aromatic rings. The number of hydrogen-bond acceptors (Lipinski definition) is 6. The predicted octanol–water partition coefficient (Wildman–Crippen LogP) is 2.52. The van der Waals surface area contributed by atoms with Gasteiger partial charge >= 0.3 is 18.0 Å². The van der Waals surface area contributed by atoms with Gasteiger partial charge in [-0.1, -0.05) is 13.3 Å². The number of hydrogen-bond donors (Lipinski definition) is 1. The fourth-order valence-corrected chi connectivity index (χ4v) is 2.29. The molecule has 1 aliphatic heterocycles. The first kappa shape index (κ1) is 19.3. The van der Waals surface area contributed by atoms with Gasteiger partial charge in [-0.05, 0) is 33.6 Å². The number of cyclic esters (lactones) is 2. The zero-order chi connectivity index (χ0) is 17.8. The van der Waals surface area contributed by atoms with Crippen LogP contribution in [0.25, 0.3) is 0 Å². The SMILES string of the molecule is CCC[C@@H](CC1C(=O)OC(C)(C)OC1=O)NC(=O)OC(C)(C)C. The quantitative estimate of drug-likeness (QED) is 0.615. The van der Waals surface area contributed by atoms with E-state index in [1.807, 2.05) is 6.92 Å². The van der Waals surface area contributed by atoms with Crippen LogP contribution in [0.1, 0.15) is 60.8 Å². The summed E-state index contributed by atoms with van der Waals surface area (Å²) in [6, 6.07) is -0.374. The second kappa shape index (κ2) is 7.19. The molecule has 1 fully saturated rings. The lowest BCUT2D eigenvalue weighted by atomic mass is 9.96. The largest absolute Gasteiger partial charge is 0.444 e. The maximum atomic E-state index is 12.0. The molecular weight excluding hydrogens is 302 g/mol. The standard InChI is InChI=1S/C16H27NO6/c1-7-8-10(17-14(20)23-15(2,3)4)9-11-12(18)21-16(5,6)22-13(11)19/h10-11H,7-9H2,1-6H3,(H,17,20)/t10-/m0/s1. The van der Waals surface area contributed by atoms with Crippen molar-refractivity contribution < 1.29 is 28.6 Å². The fraction of sp³-hybridized carbons (Fsp3) is 0.812. The maximum absolute atomic E-state index is 12.0. The smallest absolute Gasteiger partial charge is 0.407 e. The van der Waals surface area contributed by atoms with Crippen molar-refractivity contribution in [3.8, 4) is 0 Å². The molecule has 132 valence electrons. The first-order chi connectivity index (χ1) is 10.4. The highest BCUT2D eigenvalue weighted by atomic mass is 16.7. The van der Waals surface area contributed by atoms with Gasteiger partial charge in [0.25, 0.3) is 5.79 Å². The lowest BCUT2D eigenvalue weighted by Gasteiger charge is -2.34. The molecule has 1 amide bonds. The summed E-state index contributed by atoms with van der Waals surface area (Å²) >= 11 is 0. The molecule has 7 heteroatoms. The first-order valence-corrected chi connectivity index (χ1v) is 7.88. The minimum atomic E-state index is -1.25. The first-order valence-electron chi connectivity index (χ1n) is 7.88. The van der Waals surface area contributed by atoms with Gasteiger partial charge in [-0.15, -0.1) is 0 Å². The molecule has 0 unspecified atom stereocenters. The lowest BCUT2D eigenvalue weighted by molar-refractivity contribution is -0.240. The highest BCUT2D eigenvalue weighted by molar-refractivity contribution is 5.96. The van der Waals surface area contributed by atoms with Gasteiger partial charge in [-0.3, -0.25) is 9.59 Å². The Labute approximate surface area is 137 Å². The van der Waals surface area contributed by atoms with Gasteiger partial charge in [0.05, 0.1) is 0 Å². The van der Waals surface area contributed by atoms with E-state index < -0.39 is 35.3 Å². The van der Waals surface area contributed by atoms with Crippen LogP contribution in [0.4, 0.5) is 4.79 Å². The number of esters is 2. The number of ether oxygens (including phenoxy) is 3. The third-order valence-corrected chi connectivity index (χ3v) is 3.14. The van der Waals surface area contributed by atoms with Crippen LogP contribution >= 0.6 is 0 Å². The molecule has 0 spiro atoms. The normalized spacial score (nSPS) is 19.6. The monoisotopic (exact) mass is 329 g/mol. The van der Waals surface area contributed by atoms with E-state index in [9.17, 15) is 14.4 Å². The fourth-order valence-electron chi connectivity index (χ4n) is 2.29. The number of alkyl carbamates (subject to hydrolysis) is 1. The average molecular weight is 329 g/mol. The molecule has 0 aromatic heterocycles. The zero-order valence-corrected chi connectivity index (χ0v) is 14.7. The summed E-state index contributed by atoms with van der Waals surface area (Å²) < 4.78 is 15.4. The number of carbonyl (C=O) groups is 3. The summed E-state index contributed by atoms with van der Waals surface area (Å²) in [4.78, 5) is 35.9. The molecule has 0 radical (unpaired) electrons. The summed E-state index contributed by atoms with van der Waals surface area (Å²) in [6.45, 7) is 10.2. The number of rotatable bonds is 5. The molecule has 1 rings (SSSR count). The van der Waals surface area contributed by atoms with E-state index in [4.69, 9.17) is 14.2 Å². The van der Waals surface area contributed by atoms with E-state index in [1.54, 1.807) is 20.8 Å². The van der Waals surface area contributed by atoms with Crippen molar-refractivity contribution in [2.45, 2.75) is 78.2 Å². The van der Waals surface area contributed by atoms with Gasteiger partial charge in [0.15, 0.2) is 5.92 Å². The van der Waals surface area contributed by atoms with Crippen molar-refractivity contribution >= 4 is 18.0 Å². The van der Waals surface area contributed by atoms with Crippen LogP contribution in [0.2, 0.25) is 0 Å². The van der Waals surface area contributed by atoms with Crippen molar-refractivity contribution in [1.82, 2.24) is 5.32 Å². The molecule has 23 heavy (non-hydrogen) atoms. The minimum absolute atomic E-state index is 0.126. The van der Waals surface area contributed by atoms with E-state index in [2.05, 4.69) is 5.32 Å². The van der Waals surface area contributed by atoms with Gasteiger partial charge in [0.1, 0.15) is 5.60 Å². The Balaban J connectivity index is 2.70. The molecule has 1 heterocycles. The Morgan fingerprint density at radius 1 is 1.26 bits per heavy atom. The number of nitrogens with one attached hydrogen (secondary N) is 1. The highest BCUT2D eigenvalue weighted by Gasteiger charge is 2.44. The summed E-state index contributed by atoms with van der Waals surface area (Å²) in [7, 11) is 0. The van der Waals surface area contributed by atoms with Crippen LogP contribution in [0, 0.1) is 5.92 Å². The van der Waals surface area contributed by atoms with Crippen molar-refractivity contribution in [2.75, 3.05) is 0 Å². The molecule has 0 aromatic carbocycles. The Bertz CT molecular complexity index is 446. The van der Waals surface area contributed by atoms with E-state index in [0.717, 1.165) is 6.42 Å². The van der Waals surface area contributed by atoms with Crippen LogP contribution in [0.5, 0.6) is 0 Å². The second-order valence-corrected chi connectivity index (χ2v) is 7.16. The van der Waals surface area contributed by atoms with Crippen molar-refractivity contribution in [3.05, 3.63) is 0 Å². The zero-order valence-electron chi connectivity index (χ0n) is 14.7. The van der Waals surface area contributed by atoms with Gasteiger partial charge < -0.3 is 19.5 Å². The van der Waals surface area contributed by atoms with Gasteiger partial charge in [0, 0.05) is 19.9 Å². The minimum Gasteiger partial charge on any atom is -0.444 e. The molecule has 0 bridgehead atoms. The van der Waals surface area contributed by atoms with Crippen LogP contribution in [0.15, 0.2) is 0 Å². The van der Waals surface area contributed by atoms with E-state index >= 15 is 0 Å². The summed E-state index contributed by atoms with van der Waals surface area (Å²) in [5.41, 5.74) is -0.617. The molecule has 0 aliphatic carbocycles. The number of amides is 1. The molecule has 1 aliphatic rings. The summed E-state index contributed by atoms with van der Waals surface area (Å²) in [5, 5.41) is 2.71. The Kier molecular flexibility index (Phi) is 6.02. The highest BCUT2D eigenvalue weighted by Crippen LogP contribution is 2.26. The Hall–Kier alpha value is -1.79. The lowest BCUT2D eigenvalue weighted by Crippen LogP contribution is -2.49. The van der Waals surface area contributed by atoms with Crippen LogP contribution in [0.3, 0.4) is 0 Å². The Morgan fingerprint density at radius 2 is 1.78 bits per heavy atom. The van der Waals surface area contributed by atoms with Crippen molar-refractivity contribution in [2.24, 2.45) is 5.92 Å². The van der Waals surface area contributed by atoms with Crippen LogP contribution in [-0.4, -0.2) is 35.5 Å². The summed E-state index contributed by atoms with van der Waals surface area (Å²) in [5.74, 6) is -3.53. The Morgan fingerprint density at radius 3 is 2.22 bits per heavy atom. The maximum Gasteiger partial charge on any atom is 0.407 e. The van der Waals surface area contributed by atoms with E-state index in [1.165, 1.54) is 13.8 Å². The third kappa shape index (κ3) is 6.46. The third-order valence-electron chi connectivity index (χ3n) is 3.14. The molecule has 1 saturated heterocycles. The second-order valence-electron chi connectivity index (χ2n) is 7.16. The van der Waals surface area contributed by atoms with Crippen molar-refractivity contribution in [1.29, 1.82) is 0 Å². The van der Waals surface area contributed by atoms with E-state index in [0.29, 0.717) is 6.42 Å². The van der Waals surface area contributed by atoms with Crippen molar-refractivity contribution in [3.63, 3.8) is 0 Å². The number of carbonyl (C=O) groups excluding carboxylic acids is 3. The average Bonchev–Trinajstić information content (AvgIpc) is 2.30. The predicted molar refractivity (Wildman–Crippen MR) is 82.4 cm³/mol. The van der Waals surface area contributed by atoms with Gasteiger partial charge in [0.2, 0.25) is 0 Å². The molecule has 1 N–H and O–H groups in total. The van der Waals surface area contributed by atoms with Gasteiger partial charge in [-0.2, -0.15) is 0 Å². The van der Waals surface area contributed by atoms with Crippen LogP contribution < -0.4 is 5.32 Å². The van der Waals surface area contributed by atoms with E-state index in [-0.39, 0.29) is 12.5 Å². The molecule has 7 nitrogen and oxygen atoms in total. The molecular formula is C16H27NO6. The summed E-state index contributed by atoms with van der Waals surface area (Å²) in [6.07, 6.45) is 0.942. The molecule has 1 atom stereocenters. The van der Waals surface area contributed by atoms with Gasteiger partial charge in [-0.25, -0.2) is 4.79 Å². The van der Waals surface area contributed by atoms with Crippen LogP contribution in [-0.2, 0) is 23.8 Å².